The number of halogens is 1. The van der Waals surface area contributed by atoms with Crippen molar-refractivity contribution < 1.29 is 5.11 Å². The van der Waals surface area contributed by atoms with Gasteiger partial charge in [-0.3, -0.25) is 4.90 Å². The molecule has 1 aromatic rings. The van der Waals surface area contributed by atoms with E-state index in [-0.39, 0.29) is 17.8 Å². The summed E-state index contributed by atoms with van der Waals surface area (Å²) in [6.45, 7) is 6.06. The maximum Gasteiger partial charge on any atom is 0.115 e. The zero-order valence-electron chi connectivity index (χ0n) is 10.2. The lowest BCUT2D eigenvalue weighted by molar-refractivity contribution is 0.274. The van der Waals surface area contributed by atoms with Gasteiger partial charge in [0.15, 0.2) is 0 Å². The molecule has 0 spiro atoms. The van der Waals surface area contributed by atoms with Gasteiger partial charge in [-0.15, -0.1) is 12.4 Å². The van der Waals surface area contributed by atoms with Gasteiger partial charge in [-0.25, -0.2) is 0 Å². The predicted molar refractivity (Wildman–Crippen MR) is 72.4 cm³/mol. The van der Waals surface area contributed by atoms with Crippen molar-refractivity contribution >= 4 is 12.4 Å². The molecule has 0 aromatic heterocycles. The van der Waals surface area contributed by atoms with Crippen LogP contribution in [0.2, 0.25) is 0 Å². The molecule has 0 aliphatic carbocycles. The van der Waals surface area contributed by atoms with E-state index in [1.165, 1.54) is 12.0 Å². The van der Waals surface area contributed by atoms with Gasteiger partial charge in [-0.1, -0.05) is 19.1 Å². The van der Waals surface area contributed by atoms with Crippen LogP contribution in [-0.2, 0) is 6.54 Å². The molecule has 1 fully saturated rings. The molecular formula is C13H21ClN2O. The van der Waals surface area contributed by atoms with Gasteiger partial charge in [-0.2, -0.15) is 0 Å². The molecule has 4 heteroatoms. The van der Waals surface area contributed by atoms with Crippen molar-refractivity contribution in [2.45, 2.75) is 19.9 Å². The second kappa shape index (κ2) is 5.71. The zero-order valence-corrected chi connectivity index (χ0v) is 11.0. The molecule has 0 saturated carbocycles. The summed E-state index contributed by atoms with van der Waals surface area (Å²) in [4.78, 5) is 2.40. The van der Waals surface area contributed by atoms with Crippen LogP contribution in [0.4, 0.5) is 0 Å². The zero-order chi connectivity index (χ0) is 11.6. The van der Waals surface area contributed by atoms with E-state index in [2.05, 4.69) is 17.9 Å². The molecule has 96 valence electrons. The molecule has 1 aliphatic rings. The van der Waals surface area contributed by atoms with E-state index in [9.17, 15) is 5.11 Å². The molecular weight excluding hydrogens is 236 g/mol. The number of hydrogen-bond acceptors (Lipinski definition) is 3. The first kappa shape index (κ1) is 14.3. The maximum atomic E-state index is 9.40. The van der Waals surface area contributed by atoms with E-state index in [0.29, 0.717) is 5.75 Å². The minimum absolute atomic E-state index is 0. The Bertz CT molecular complexity index is 372. The van der Waals surface area contributed by atoms with E-state index < -0.39 is 0 Å². The molecule has 3 nitrogen and oxygen atoms in total. The van der Waals surface area contributed by atoms with Crippen LogP contribution in [-0.4, -0.2) is 29.6 Å². The highest BCUT2D eigenvalue weighted by atomic mass is 35.5. The van der Waals surface area contributed by atoms with Crippen molar-refractivity contribution in [2.75, 3.05) is 19.6 Å². The van der Waals surface area contributed by atoms with Crippen LogP contribution >= 0.6 is 12.4 Å². The molecule has 0 amide bonds. The summed E-state index contributed by atoms with van der Waals surface area (Å²) in [5.74, 6) is 0.346. The van der Waals surface area contributed by atoms with Gasteiger partial charge >= 0.3 is 0 Å². The van der Waals surface area contributed by atoms with Crippen molar-refractivity contribution in [3.8, 4) is 5.75 Å². The van der Waals surface area contributed by atoms with Gasteiger partial charge in [0.25, 0.3) is 0 Å². The van der Waals surface area contributed by atoms with Gasteiger partial charge in [0.1, 0.15) is 5.75 Å². The molecule has 1 atom stereocenters. The van der Waals surface area contributed by atoms with Crippen LogP contribution in [0.5, 0.6) is 5.75 Å². The Labute approximate surface area is 109 Å². The number of aromatic hydroxyl groups is 1. The van der Waals surface area contributed by atoms with Crippen LogP contribution < -0.4 is 5.73 Å². The summed E-state index contributed by atoms with van der Waals surface area (Å²) in [6, 6.07) is 7.48. The number of hydrogen-bond donors (Lipinski definition) is 2. The lowest BCUT2D eigenvalue weighted by atomic mass is 9.90. The molecule has 2 rings (SSSR count). The highest BCUT2D eigenvalue weighted by Gasteiger charge is 2.32. The van der Waals surface area contributed by atoms with Gasteiger partial charge in [0.2, 0.25) is 0 Å². The van der Waals surface area contributed by atoms with Crippen LogP contribution in [0.3, 0.4) is 0 Å². The molecule has 1 unspecified atom stereocenters. The molecule has 0 bridgehead atoms. The number of rotatable bonds is 3. The minimum atomic E-state index is 0. The first-order valence-corrected chi connectivity index (χ1v) is 5.82. The predicted octanol–water partition coefficient (Wildman–Crippen LogP) is 1.98. The highest BCUT2D eigenvalue weighted by Crippen LogP contribution is 2.29. The third-order valence-corrected chi connectivity index (χ3v) is 3.45. The standard InChI is InChI=1S/C13H20N2O.ClH/c1-13(9-14)5-6-15(10-13)8-11-3-2-4-12(16)7-11;/h2-4,7,16H,5-6,8-10,14H2,1H3;1H. The Balaban J connectivity index is 0.00000144. The van der Waals surface area contributed by atoms with Crippen molar-refractivity contribution in [3.63, 3.8) is 0 Å². The lowest BCUT2D eigenvalue weighted by Gasteiger charge is -2.22. The summed E-state index contributed by atoms with van der Waals surface area (Å²) in [5.41, 5.74) is 7.22. The first-order chi connectivity index (χ1) is 7.61. The highest BCUT2D eigenvalue weighted by molar-refractivity contribution is 5.85. The number of phenols is 1. The lowest BCUT2D eigenvalue weighted by Crippen LogP contribution is -2.31. The third-order valence-electron chi connectivity index (χ3n) is 3.45. The normalized spacial score (nSPS) is 24.6. The first-order valence-electron chi connectivity index (χ1n) is 5.82. The van der Waals surface area contributed by atoms with Gasteiger partial charge in [0.05, 0.1) is 0 Å². The average Bonchev–Trinajstić information content (AvgIpc) is 2.61. The van der Waals surface area contributed by atoms with Crippen molar-refractivity contribution in [2.24, 2.45) is 11.1 Å². The van der Waals surface area contributed by atoms with E-state index in [1.54, 1.807) is 6.07 Å². The fraction of sp³-hybridized carbons (Fsp3) is 0.538. The van der Waals surface area contributed by atoms with Gasteiger partial charge in [0, 0.05) is 13.1 Å². The Morgan fingerprint density at radius 3 is 2.82 bits per heavy atom. The fourth-order valence-corrected chi connectivity index (χ4v) is 2.34. The minimum Gasteiger partial charge on any atom is -0.508 e. The number of phenolic OH excluding ortho intramolecular Hbond substituents is 1. The smallest absolute Gasteiger partial charge is 0.115 e. The summed E-state index contributed by atoms with van der Waals surface area (Å²) >= 11 is 0. The summed E-state index contributed by atoms with van der Waals surface area (Å²) in [5, 5.41) is 9.40. The molecule has 1 saturated heterocycles. The Morgan fingerprint density at radius 1 is 1.47 bits per heavy atom. The molecule has 0 radical (unpaired) electrons. The van der Waals surface area contributed by atoms with Crippen LogP contribution in [0, 0.1) is 5.41 Å². The maximum absolute atomic E-state index is 9.40. The molecule has 1 aromatic carbocycles. The van der Waals surface area contributed by atoms with E-state index in [0.717, 1.165) is 26.2 Å². The average molecular weight is 257 g/mol. The number of nitrogens with two attached hydrogens (primary N) is 1. The van der Waals surface area contributed by atoms with Crippen molar-refractivity contribution in [1.29, 1.82) is 0 Å². The summed E-state index contributed by atoms with van der Waals surface area (Å²) in [7, 11) is 0. The van der Waals surface area contributed by atoms with Crippen molar-refractivity contribution in [1.82, 2.24) is 4.90 Å². The van der Waals surface area contributed by atoms with Crippen LogP contribution in [0.15, 0.2) is 24.3 Å². The number of likely N-dealkylation sites (tertiary alicyclic amines) is 1. The van der Waals surface area contributed by atoms with Crippen LogP contribution in [0.1, 0.15) is 18.9 Å². The van der Waals surface area contributed by atoms with Crippen LogP contribution in [0.25, 0.3) is 0 Å². The molecule has 3 N–H and O–H groups in total. The van der Waals surface area contributed by atoms with E-state index in [4.69, 9.17) is 5.73 Å². The van der Waals surface area contributed by atoms with Gasteiger partial charge < -0.3 is 10.8 Å². The van der Waals surface area contributed by atoms with E-state index >= 15 is 0 Å². The fourth-order valence-electron chi connectivity index (χ4n) is 2.34. The Hall–Kier alpha value is -0.770. The number of nitrogens with zero attached hydrogens (tertiary/aromatic N) is 1. The Kier molecular flexibility index (Phi) is 4.80. The summed E-state index contributed by atoms with van der Waals surface area (Å²) < 4.78 is 0. The monoisotopic (exact) mass is 256 g/mol. The second-order valence-corrected chi connectivity index (χ2v) is 5.15. The summed E-state index contributed by atoms with van der Waals surface area (Å²) in [6.07, 6.45) is 1.17. The third kappa shape index (κ3) is 3.60. The molecule has 17 heavy (non-hydrogen) atoms. The van der Waals surface area contributed by atoms with Gasteiger partial charge in [-0.05, 0) is 42.6 Å². The second-order valence-electron chi connectivity index (χ2n) is 5.15. The SMILES string of the molecule is CC1(CN)CCN(Cc2cccc(O)c2)C1.Cl. The quantitative estimate of drug-likeness (QED) is 0.870. The topological polar surface area (TPSA) is 49.5 Å². The van der Waals surface area contributed by atoms with Crippen molar-refractivity contribution in [3.05, 3.63) is 29.8 Å². The van der Waals surface area contributed by atoms with E-state index in [1.807, 2.05) is 12.1 Å². The Morgan fingerprint density at radius 2 is 2.24 bits per heavy atom. The molecule has 1 heterocycles. The largest absolute Gasteiger partial charge is 0.508 e. The number of benzene rings is 1. The molecule has 1 aliphatic heterocycles.